The van der Waals surface area contributed by atoms with Gasteiger partial charge < -0.3 is 9.47 Å². The number of ether oxygens (including phenoxy) is 2. The van der Waals surface area contributed by atoms with Gasteiger partial charge in [-0.05, 0) is 48.5 Å². The molecule has 0 aliphatic heterocycles. The molecule has 4 aromatic rings. The second-order valence-corrected chi connectivity index (χ2v) is 17.0. The van der Waals surface area contributed by atoms with Crippen molar-refractivity contribution in [3.63, 3.8) is 0 Å². The van der Waals surface area contributed by atoms with E-state index in [1.807, 2.05) is 72.8 Å². The van der Waals surface area contributed by atoms with Gasteiger partial charge in [0.05, 0.1) is 62.3 Å². The third-order valence-corrected chi connectivity index (χ3v) is 16.2. The fourth-order valence-corrected chi connectivity index (χ4v) is 13.8. The number of carbonyl (C=O) groups excluding carboxylic acids is 2. The zero-order chi connectivity index (χ0) is 27.6. The highest BCUT2D eigenvalue weighted by atomic mass is 31.2. The largest absolute Gasteiger partial charge is 0.466 e. The van der Waals surface area contributed by atoms with E-state index in [9.17, 15) is 9.59 Å². The predicted molar refractivity (Wildman–Crippen MR) is 166 cm³/mol. The first-order chi connectivity index (χ1) is 19.0. The molecule has 0 heterocycles. The molecule has 0 bridgehead atoms. The summed E-state index contributed by atoms with van der Waals surface area (Å²) in [6.07, 6.45) is 3.20. The molecule has 0 unspecified atom stereocenters. The lowest BCUT2D eigenvalue weighted by Crippen LogP contribution is -2.34. The standard InChI is InChI=1S/C33H36O4P2/c1-36-32(34)26-38(28-16-7-3-8-17-28,29-18-9-4-10-19-29)24-15-25-39(27-33(35)37-2,30-20-11-5-12-21-30)31-22-13-6-14-23-31/h3-14,16-23H,15,24-27H2,1-2H3/q+2. The highest BCUT2D eigenvalue weighted by Crippen LogP contribution is 2.61. The highest BCUT2D eigenvalue weighted by Gasteiger charge is 2.49. The first-order valence-electron chi connectivity index (χ1n) is 13.1. The molecule has 0 spiro atoms. The summed E-state index contributed by atoms with van der Waals surface area (Å²) in [5, 5.41) is 4.77. The topological polar surface area (TPSA) is 52.6 Å². The van der Waals surface area contributed by atoms with E-state index in [-0.39, 0.29) is 11.9 Å². The zero-order valence-corrected chi connectivity index (χ0v) is 24.4. The van der Waals surface area contributed by atoms with E-state index < -0.39 is 14.5 Å². The number of carbonyl (C=O) groups is 2. The molecule has 0 fully saturated rings. The van der Waals surface area contributed by atoms with Crippen LogP contribution in [0.2, 0.25) is 0 Å². The normalized spacial score (nSPS) is 11.5. The van der Waals surface area contributed by atoms with Gasteiger partial charge in [0.2, 0.25) is 0 Å². The Morgan fingerprint density at radius 2 is 0.744 bits per heavy atom. The number of rotatable bonds is 12. The van der Waals surface area contributed by atoms with Gasteiger partial charge in [0, 0.05) is 6.42 Å². The summed E-state index contributed by atoms with van der Waals surface area (Å²) >= 11 is 0. The Bertz CT molecular complexity index is 1150. The predicted octanol–water partition coefficient (Wildman–Crippen LogP) is 5.06. The molecule has 0 amide bonds. The molecule has 200 valence electrons. The highest BCUT2D eigenvalue weighted by molar-refractivity contribution is 7.91. The summed E-state index contributed by atoms with van der Waals surface area (Å²) in [5.41, 5.74) is 0. The van der Waals surface area contributed by atoms with Crippen LogP contribution in [0, 0.1) is 0 Å². The van der Waals surface area contributed by atoms with E-state index in [2.05, 4.69) is 48.5 Å². The molecule has 4 nitrogen and oxygen atoms in total. The van der Waals surface area contributed by atoms with Gasteiger partial charge >= 0.3 is 11.9 Å². The molecule has 4 aromatic carbocycles. The SMILES string of the molecule is COC(=O)C[P+](CCC[P+](CC(=O)OC)(c1ccccc1)c1ccccc1)(c1ccccc1)c1ccccc1. The maximum atomic E-state index is 12.9. The van der Waals surface area contributed by atoms with Crippen molar-refractivity contribution in [3.05, 3.63) is 121 Å². The molecule has 0 saturated carbocycles. The first kappa shape index (κ1) is 28.7. The second kappa shape index (κ2) is 13.7. The molecule has 39 heavy (non-hydrogen) atoms. The van der Waals surface area contributed by atoms with Crippen LogP contribution < -0.4 is 21.2 Å². The van der Waals surface area contributed by atoms with Crippen molar-refractivity contribution in [2.24, 2.45) is 0 Å². The quantitative estimate of drug-likeness (QED) is 0.180. The van der Waals surface area contributed by atoms with Crippen molar-refractivity contribution >= 4 is 47.7 Å². The van der Waals surface area contributed by atoms with Crippen LogP contribution >= 0.6 is 14.5 Å². The number of benzene rings is 4. The monoisotopic (exact) mass is 558 g/mol. The fraction of sp³-hybridized carbons (Fsp3) is 0.212. The summed E-state index contributed by atoms with van der Waals surface area (Å²) in [4.78, 5) is 25.8. The van der Waals surface area contributed by atoms with Crippen LogP contribution in [0.25, 0.3) is 0 Å². The molecule has 0 saturated heterocycles. The van der Waals surface area contributed by atoms with Gasteiger partial charge in [-0.1, -0.05) is 72.8 Å². The first-order valence-corrected chi connectivity index (χ1v) is 17.5. The molecule has 0 radical (unpaired) electrons. The Kier molecular flexibility index (Phi) is 10.0. The number of hydrogen-bond donors (Lipinski definition) is 0. The summed E-state index contributed by atoms with van der Waals surface area (Å²) in [6, 6.07) is 41.6. The Balaban J connectivity index is 1.80. The molecular formula is C33H36O4P2+2. The summed E-state index contributed by atoms with van der Waals surface area (Å²) in [7, 11) is -1.39. The minimum Gasteiger partial charge on any atom is -0.466 e. The Labute approximate surface area is 233 Å². The second-order valence-electron chi connectivity index (χ2n) is 9.55. The van der Waals surface area contributed by atoms with Crippen molar-refractivity contribution in [3.8, 4) is 0 Å². The minimum atomic E-state index is -2.16. The van der Waals surface area contributed by atoms with E-state index in [1.165, 1.54) is 35.4 Å². The third-order valence-electron chi connectivity index (χ3n) is 7.33. The van der Waals surface area contributed by atoms with Crippen LogP contribution in [-0.2, 0) is 19.1 Å². The zero-order valence-electron chi connectivity index (χ0n) is 22.6. The maximum Gasteiger partial charge on any atom is 0.344 e. The van der Waals surface area contributed by atoms with Gasteiger partial charge in [-0.3, -0.25) is 0 Å². The van der Waals surface area contributed by atoms with Crippen LogP contribution in [0.5, 0.6) is 0 Å². The molecule has 0 N–H and O–H groups in total. The van der Waals surface area contributed by atoms with E-state index in [0.29, 0.717) is 12.3 Å². The van der Waals surface area contributed by atoms with E-state index in [4.69, 9.17) is 9.47 Å². The molecule has 0 aliphatic rings. The van der Waals surface area contributed by atoms with Gasteiger partial charge in [-0.25, -0.2) is 9.59 Å². The molecule has 0 atom stereocenters. The van der Waals surface area contributed by atoms with Crippen molar-refractivity contribution in [2.45, 2.75) is 6.42 Å². The van der Waals surface area contributed by atoms with Crippen LogP contribution in [0.4, 0.5) is 0 Å². The number of esters is 2. The number of hydrogen-bond acceptors (Lipinski definition) is 4. The average molecular weight is 559 g/mol. The number of methoxy groups -OCH3 is 2. The smallest absolute Gasteiger partial charge is 0.344 e. The van der Waals surface area contributed by atoms with E-state index >= 15 is 0 Å². The molecule has 6 heteroatoms. The lowest BCUT2D eigenvalue weighted by atomic mass is 10.4. The third kappa shape index (κ3) is 6.64. The van der Waals surface area contributed by atoms with Crippen molar-refractivity contribution in [1.29, 1.82) is 0 Å². The van der Waals surface area contributed by atoms with Gasteiger partial charge in [0.1, 0.15) is 0 Å². The average Bonchev–Trinajstić information content (AvgIpc) is 3.01. The van der Waals surface area contributed by atoms with Crippen molar-refractivity contribution in [2.75, 3.05) is 38.9 Å². The lowest BCUT2D eigenvalue weighted by Gasteiger charge is -2.30. The molecular weight excluding hydrogens is 522 g/mol. The van der Waals surface area contributed by atoms with E-state index in [0.717, 1.165) is 18.7 Å². The van der Waals surface area contributed by atoms with Gasteiger partial charge in [-0.15, -0.1) is 0 Å². The van der Waals surface area contributed by atoms with Gasteiger partial charge in [-0.2, -0.15) is 0 Å². The van der Waals surface area contributed by atoms with Crippen LogP contribution in [0.15, 0.2) is 121 Å². The Morgan fingerprint density at radius 1 is 0.487 bits per heavy atom. The lowest BCUT2D eigenvalue weighted by molar-refractivity contribution is -0.138. The Hall–Kier alpha value is -3.32. The van der Waals surface area contributed by atoms with Crippen LogP contribution in [0.1, 0.15) is 6.42 Å². The molecule has 4 rings (SSSR count). The minimum absolute atomic E-state index is 0.197. The summed E-state index contributed by atoms with van der Waals surface area (Å²) in [6.45, 7) is 0. The van der Waals surface area contributed by atoms with Crippen LogP contribution in [0.3, 0.4) is 0 Å². The fourth-order valence-electron chi connectivity index (χ4n) is 5.37. The summed E-state index contributed by atoms with van der Waals surface area (Å²) in [5.74, 6) is -0.393. The van der Waals surface area contributed by atoms with Gasteiger partial charge in [0.15, 0.2) is 12.3 Å². The molecule has 0 aromatic heterocycles. The Morgan fingerprint density at radius 3 is 0.974 bits per heavy atom. The summed E-state index contributed by atoms with van der Waals surface area (Å²) < 4.78 is 10.5. The molecule has 0 aliphatic carbocycles. The van der Waals surface area contributed by atoms with Gasteiger partial charge in [0.25, 0.3) is 0 Å². The maximum absolute atomic E-state index is 12.9. The van der Waals surface area contributed by atoms with Crippen molar-refractivity contribution < 1.29 is 19.1 Å². The van der Waals surface area contributed by atoms with E-state index in [1.54, 1.807) is 0 Å². The van der Waals surface area contributed by atoms with Crippen molar-refractivity contribution in [1.82, 2.24) is 0 Å². The van der Waals surface area contributed by atoms with Crippen LogP contribution in [-0.4, -0.2) is 50.8 Å².